The van der Waals surface area contributed by atoms with Gasteiger partial charge in [0, 0.05) is 11.5 Å². The zero-order valence-corrected chi connectivity index (χ0v) is 14.5. The molecule has 2 aromatic rings. The second-order valence-electron chi connectivity index (χ2n) is 8.14. The van der Waals surface area contributed by atoms with Crippen molar-refractivity contribution in [2.24, 2.45) is 5.41 Å². The first kappa shape index (κ1) is 16.1. The van der Waals surface area contributed by atoms with Gasteiger partial charge < -0.3 is 5.11 Å². The maximum atomic E-state index is 12.6. The summed E-state index contributed by atoms with van der Waals surface area (Å²) in [6.07, 6.45) is 2.47. The lowest BCUT2D eigenvalue weighted by Crippen LogP contribution is -2.40. The van der Waals surface area contributed by atoms with Crippen LogP contribution in [0.5, 0.6) is 0 Å². The van der Waals surface area contributed by atoms with E-state index in [1.54, 1.807) is 0 Å². The van der Waals surface area contributed by atoms with Gasteiger partial charge in [0.05, 0.1) is 11.6 Å². The number of nitrogens with zero attached hydrogens (tertiary/aromatic N) is 1. The van der Waals surface area contributed by atoms with Crippen LogP contribution in [0.4, 0.5) is 0 Å². The Kier molecular flexibility index (Phi) is 3.56. The molecular weight excluding hydrogens is 316 g/mol. The monoisotopic (exact) mass is 338 g/mol. The zero-order valence-electron chi connectivity index (χ0n) is 14.5. The first-order chi connectivity index (χ1) is 11.9. The minimum atomic E-state index is -0.934. The number of aromatic nitrogens is 2. The molecule has 2 aliphatic rings. The van der Waals surface area contributed by atoms with E-state index in [0.717, 1.165) is 36.1 Å². The zero-order chi connectivity index (χ0) is 17.8. The smallest absolute Gasteiger partial charge is 0.311 e. The van der Waals surface area contributed by atoms with Crippen LogP contribution in [-0.2, 0) is 11.2 Å². The largest absolute Gasteiger partial charge is 0.481 e. The highest BCUT2D eigenvalue weighted by Gasteiger charge is 2.46. The Hall–Kier alpha value is -2.43. The standard InChI is InChI=1S/C20H22N2O3/c1-20(2)9-12-8-13(11-6-4-3-5-7-11)16(19(24)25)17-15(12)14(10-20)21-22-18(17)23/h3-7,12-13,16H,8-10H2,1-2H3,(H,22,23)(H,24,25)/t12-,13+,16+/m0/s1. The highest BCUT2D eigenvalue weighted by Crippen LogP contribution is 2.53. The first-order valence-corrected chi connectivity index (χ1v) is 8.76. The van der Waals surface area contributed by atoms with Crippen LogP contribution in [0.2, 0.25) is 0 Å². The maximum absolute atomic E-state index is 12.6. The van der Waals surface area contributed by atoms with Crippen molar-refractivity contribution in [3.63, 3.8) is 0 Å². The molecule has 1 aromatic heterocycles. The summed E-state index contributed by atoms with van der Waals surface area (Å²) in [6, 6.07) is 9.72. The van der Waals surface area contributed by atoms with Crippen LogP contribution in [0.15, 0.2) is 35.1 Å². The van der Waals surface area contributed by atoms with E-state index in [-0.39, 0.29) is 22.8 Å². The third-order valence-electron chi connectivity index (χ3n) is 5.74. The average Bonchev–Trinajstić information content (AvgIpc) is 2.56. The van der Waals surface area contributed by atoms with E-state index in [9.17, 15) is 14.7 Å². The second kappa shape index (κ2) is 5.55. The molecule has 1 heterocycles. The van der Waals surface area contributed by atoms with Crippen molar-refractivity contribution in [1.82, 2.24) is 10.2 Å². The SMILES string of the molecule is CC1(C)Cc2n[nH]c(=O)c3c2[C@@H](C[C@H](c2ccccc2)[C@H]3C(=O)O)C1. The summed E-state index contributed by atoms with van der Waals surface area (Å²) in [5, 5.41) is 16.8. The summed E-state index contributed by atoms with van der Waals surface area (Å²) in [5.41, 5.74) is 2.94. The molecule has 0 radical (unpaired) electrons. The van der Waals surface area contributed by atoms with Gasteiger partial charge in [0.2, 0.25) is 0 Å². The molecule has 1 aromatic carbocycles. The number of nitrogens with one attached hydrogen (secondary N) is 1. The van der Waals surface area contributed by atoms with Crippen LogP contribution < -0.4 is 5.56 Å². The molecule has 4 rings (SSSR count). The summed E-state index contributed by atoms with van der Waals surface area (Å²) in [4.78, 5) is 24.7. The molecule has 0 saturated heterocycles. The van der Waals surface area contributed by atoms with Crippen molar-refractivity contribution < 1.29 is 9.90 Å². The van der Waals surface area contributed by atoms with Gasteiger partial charge in [0.25, 0.3) is 5.56 Å². The molecule has 2 N–H and O–H groups in total. The molecule has 0 unspecified atom stereocenters. The van der Waals surface area contributed by atoms with Gasteiger partial charge in [-0.2, -0.15) is 5.10 Å². The maximum Gasteiger partial charge on any atom is 0.311 e. The minimum absolute atomic E-state index is 0.0947. The van der Waals surface area contributed by atoms with Crippen LogP contribution in [0.3, 0.4) is 0 Å². The first-order valence-electron chi connectivity index (χ1n) is 8.76. The van der Waals surface area contributed by atoms with Gasteiger partial charge in [-0.3, -0.25) is 9.59 Å². The van der Waals surface area contributed by atoms with E-state index in [1.807, 2.05) is 30.3 Å². The van der Waals surface area contributed by atoms with E-state index in [0.29, 0.717) is 5.56 Å². The van der Waals surface area contributed by atoms with Crippen molar-refractivity contribution in [1.29, 1.82) is 0 Å². The Balaban J connectivity index is 1.95. The summed E-state index contributed by atoms with van der Waals surface area (Å²) < 4.78 is 0. The predicted octanol–water partition coefficient (Wildman–Crippen LogP) is 3.18. The van der Waals surface area contributed by atoms with E-state index < -0.39 is 11.9 Å². The molecule has 0 fully saturated rings. The highest BCUT2D eigenvalue weighted by molar-refractivity contribution is 5.79. The van der Waals surface area contributed by atoms with Gasteiger partial charge in [-0.25, -0.2) is 5.10 Å². The second-order valence-corrected chi connectivity index (χ2v) is 8.14. The topological polar surface area (TPSA) is 83.0 Å². The molecule has 5 heteroatoms. The summed E-state index contributed by atoms with van der Waals surface area (Å²) in [6.45, 7) is 4.42. The minimum Gasteiger partial charge on any atom is -0.481 e. The van der Waals surface area contributed by atoms with Crippen molar-refractivity contribution >= 4 is 5.97 Å². The van der Waals surface area contributed by atoms with Gasteiger partial charge in [-0.05, 0) is 41.7 Å². The lowest BCUT2D eigenvalue weighted by atomic mass is 9.60. The van der Waals surface area contributed by atoms with E-state index in [4.69, 9.17) is 0 Å². The number of hydrogen-bond acceptors (Lipinski definition) is 3. The van der Waals surface area contributed by atoms with Crippen LogP contribution in [0.1, 0.15) is 66.8 Å². The van der Waals surface area contributed by atoms with Crippen LogP contribution in [0, 0.1) is 5.41 Å². The summed E-state index contributed by atoms with van der Waals surface area (Å²) in [7, 11) is 0. The number of rotatable bonds is 2. The number of H-pyrrole nitrogens is 1. The Morgan fingerprint density at radius 2 is 1.96 bits per heavy atom. The van der Waals surface area contributed by atoms with E-state index in [2.05, 4.69) is 24.0 Å². The van der Waals surface area contributed by atoms with Crippen molar-refractivity contribution in [2.75, 3.05) is 0 Å². The number of carbonyl (C=O) groups is 1. The third kappa shape index (κ3) is 2.58. The molecular formula is C20H22N2O3. The summed E-state index contributed by atoms with van der Waals surface area (Å²) in [5.74, 6) is -1.76. The molecule has 0 amide bonds. The fourth-order valence-electron chi connectivity index (χ4n) is 4.88. The molecule has 0 spiro atoms. The van der Waals surface area contributed by atoms with Gasteiger partial charge in [0.1, 0.15) is 0 Å². The third-order valence-corrected chi connectivity index (χ3v) is 5.74. The number of hydrogen-bond donors (Lipinski definition) is 2. The fourth-order valence-corrected chi connectivity index (χ4v) is 4.88. The van der Waals surface area contributed by atoms with Gasteiger partial charge >= 0.3 is 5.97 Å². The number of aliphatic carboxylic acids is 1. The predicted molar refractivity (Wildman–Crippen MR) is 93.9 cm³/mol. The van der Waals surface area contributed by atoms with Crippen LogP contribution in [-0.4, -0.2) is 21.3 Å². The molecule has 130 valence electrons. The number of benzene rings is 1. The van der Waals surface area contributed by atoms with Crippen LogP contribution in [0.25, 0.3) is 0 Å². The van der Waals surface area contributed by atoms with Crippen molar-refractivity contribution in [3.8, 4) is 0 Å². The summed E-state index contributed by atoms with van der Waals surface area (Å²) >= 11 is 0. The number of aromatic amines is 1. The number of carboxylic acid groups (broad SMARTS) is 1. The number of carboxylic acids is 1. The quantitative estimate of drug-likeness (QED) is 0.881. The van der Waals surface area contributed by atoms with Crippen molar-refractivity contribution in [3.05, 3.63) is 63.1 Å². The molecule has 2 aliphatic carbocycles. The molecule has 0 bridgehead atoms. The molecule has 5 nitrogen and oxygen atoms in total. The lowest BCUT2D eigenvalue weighted by Gasteiger charge is -2.43. The van der Waals surface area contributed by atoms with E-state index >= 15 is 0 Å². The van der Waals surface area contributed by atoms with Crippen molar-refractivity contribution in [2.45, 2.75) is 50.9 Å². The van der Waals surface area contributed by atoms with Crippen LogP contribution >= 0.6 is 0 Å². The Morgan fingerprint density at radius 1 is 1.24 bits per heavy atom. The Labute approximate surface area is 146 Å². The van der Waals surface area contributed by atoms with Gasteiger partial charge in [-0.1, -0.05) is 44.2 Å². The molecule has 0 aliphatic heterocycles. The normalized spacial score (nSPS) is 26.7. The molecule has 0 saturated carbocycles. The highest BCUT2D eigenvalue weighted by atomic mass is 16.4. The Bertz CT molecular complexity index is 886. The Morgan fingerprint density at radius 3 is 2.64 bits per heavy atom. The van der Waals surface area contributed by atoms with Gasteiger partial charge in [0.15, 0.2) is 0 Å². The lowest BCUT2D eigenvalue weighted by molar-refractivity contribution is -0.139. The molecule has 25 heavy (non-hydrogen) atoms. The van der Waals surface area contributed by atoms with E-state index in [1.165, 1.54) is 0 Å². The molecule has 3 atom stereocenters. The van der Waals surface area contributed by atoms with Gasteiger partial charge in [-0.15, -0.1) is 0 Å². The average molecular weight is 338 g/mol. The fraction of sp³-hybridized carbons (Fsp3) is 0.450.